The zero-order chi connectivity index (χ0) is 14.1. The van der Waals surface area contributed by atoms with Gasteiger partial charge in [0.25, 0.3) is 0 Å². The van der Waals surface area contributed by atoms with Crippen LogP contribution in [-0.4, -0.2) is 12.8 Å². The second kappa shape index (κ2) is 11.7. The third-order valence-corrected chi connectivity index (χ3v) is 7.76. The molecule has 0 aromatic heterocycles. The van der Waals surface area contributed by atoms with E-state index in [0.29, 0.717) is 0 Å². The van der Waals surface area contributed by atoms with Crippen molar-refractivity contribution in [3.05, 3.63) is 0 Å². The molecule has 0 bridgehead atoms. The Hall–Kier alpha value is 2.19. The summed E-state index contributed by atoms with van der Waals surface area (Å²) < 4.78 is 3.63. The molecule has 0 spiro atoms. The fourth-order valence-electron chi connectivity index (χ4n) is 3.60. The molecular weight excluding hydrogens is 573 g/mol. The minimum absolute atomic E-state index is 0.953. The maximum Gasteiger partial charge on any atom is 0.0138 e. The Kier molecular flexibility index (Phi) is 11.9. The van der Waals surface area contributed by atoms with E-state index in [9.17, 15) is 0 Å². The molecule has 1 rings (SSSR count). The van der Waals surface area contributed by atoms with Gasteiger partial charge in [0.1, 0.15) is 0 Å². The molecule has 0 aliphatic heterocycles. The van der Waals surface area contributed by atoms with Crippen molar-refractivity contribution in [2.75, 3.05) is 8.86 Å². The van der Waals surface area contributed by atoms with Gasteiger partial charge in [-0.25, -0.2) is 0 Å². The van der Waals surface area contributed by atoms with Crippen LogP contribution in [0.1, 0.15) is 64.7 Å². The lowest BCUT2D eigenvalue weighted by Crippen LogP contribution is -2.19. The van der Waals surface area contributed by atoms with Gasteiger partial charge in [-0.2, -0.15) is 0 Å². The highest BCUT2D eigenvalue weighted by molar-refractivity contribution is 14.1. The Bertz CT molecular complexity index is 214. The summed E-state index contributed by atoms with van der Waals surface area (Å²) in [5.74, 6) is 3.03. The van der Waals surface area contributed by atoms with Gasteiger partial charge in [0.2, 0.25) is 0 Å². The molecule has 0 heterocycles. The van der Waals surface area contributed by atoms with Gasteiger partial charge in [0.15, 0.2) is 0 Å². The second-order valence-corrected chi connectivity index (χ2v) is 9.78. The summed E-state index contributed by atoms with van der Waals surface area (Å²) >= 11 is 7.89. The average Bonchev–Trinajstić information content (AvgIpc) is 2.95. The van der Waals surface area contributed by atoms with E-state index >= 15 is 0 Å². The van der Waals surface area contributed by atoms with Gasteiger partial charge in [0, 0.05) is 3.92 Å². The third-order valence-electron chi connectivity index (χ3n) is 4.88. The van der Waals surface area contributed by atoms with Crippen LogP contribution in [0.3, 0.4) is 0 Å². The molecule has 1 aliphatic carbocycles. The lowest BCUT2D eigenvalue weighted by molar-refractivity contribution is 0.281. The van der Waals surface area contributed by atoms with Crippen LogP contribution in [-0.2, 0) is 0 Å². The van der Waals surface area contributed by atoms with E-state index in [1.54, 1.807) is 0 Å². The van der Waals surface area contributed by atoms with E-state index in [4.69, 9.17) is 0 Å². The first-order chi connectivity index (χ1) is 9.22. The van der Waals surface area contributed by atoms with Crippen LogP contribution in [0.4, 0.5) is 0 Å². The van der Waals surface area contributed by atoms with Crippen molar-refractivity contribution in [2.45, 2.75) is 68.6 Å². The highest BCUT2D eigenvalue weighted by Crippen LogP contribution is 2.36. The molecule has 0 aromatic rings. The van der Waals surface area contributed by atoms with Gasteiger partial charge in [-0.05, 0) is 65.1 Å². The zero-order valence-corrected chi connectivity index (χ0v) is 18.7. The van der Waals surface area contributed by atoms with Crippen LogP contribution >= 0.6 is 67.8 Å². The topological polar surface area (TPSA) is 0 Å². The minimum Gasteiger partial charge on any atom is -0.0864 e. The molecule has 19 heavy (non-hydrogen) atoms. The standard InChI is InChI=1S/C16H29I3/c1-2-13(9-11-17)14(10-12-18)7-8-16(19)15-5-3-4-6-15/h13-16H,2-12H2,1H3. The molecule has 0 aromatic carbocycles. The molecule has 0 radical (unpaired) electrons. The van der Waals surface area contributed by atoms with Crippen LogP contribution in [0.15, 0.2) is 0 Å². The van der Waals surface area contributed by atoms with Crippen LogP contribution in [0, 0.1) is 17.8 Å². The van der Waals surface area contributed by atoms with Crippen molar-refractivity contribution in [2.24, 2.45) is 17.8 Å². The molecule has 3 atom stereocenters. The zero-order valence-electron chi connectivity index (χ0n) is 12.2. The Morgan fingerprint density at radius 2 is 1.47 bits per heavy atom. The molecule has 0 nitrogen and oxygen atoms in total. The van der Waals surface area contributed by atoms with E-state index < -0.39 is 0 Å². The third kappa shape index (κ3) is 7.33. The van der Waals surface area contributed by atoms with E-state index in [1.807, 2.05) is 0 Å². The SMILES string of the molecule is CCC(CCI)C(CCI)CCC(I)C1CCCC1. The van der Waals surface area contributed by atoms with Gasteiger partial charge in [-0.15, -0.1) is 0 Å². The van der Waals surface area contributed by atoms with Gasteiger partial charge >= 0.3 is 0 Å². The van der Waals surface area contributed by atoms with Crippen LogP contribution in [0.25, 0.3) is 0 Å². The number of halogens is 3. The van der Waals surface area contributed by atoms with Crippen molar-refractivity contribution < 1.29 is 0 Å². The Labute approximate surface area is 161 Å². The molecule has 3 heteroatoms. The summed E-state index contributed by atoms with van der Waals surface area (Å²) in [6.45, 7) is 2.40. The fraction of sp³-hybridized carbons (Fsp3) is 1.00. The van der Waals surface area contributed by atoms with Crippen LogP contribution < -0.4 is 0 Å². The molecule has 3 unspecified atom stereocenters. The first-order valence-electron chi connectivity index (χ1n) is 7.98. The van der Waals surface area contributed by atoms with E-state index in [0.717, 1.165) is 21.7 Å². The Balaban J connectivity index is 2.38. The molecule has 1 aliphatic rings. The minimum atomic E-state index is 0.953. The summed E-state index contributed by atoms with van der Waals surface area (Å²) in [4.78, 5) is 0. The fourth-order valence-corrected chi connectivity index (χ4v) is 6.28. The second-order valence-electron chi connectivity index (χ2n) is 6.02. The quantitative estimate of drug-likeness (QED) is 0.186. The summed E-state index contributed by atoms with van der Waals surface area (Å²) in [5.41, 5.74) is 0. The number of hydrogen-bond acceptors (Lipinski definition) is 0. The lowest BCUT2D eigenvalue weighted by Gasteiger charge is -2.27. The summed E-state index contributed by atoms with van der Waals surface area (Å²) in [6.07, 6.45) is 13.2. The Morgan fingerprint density at radius 1 is 0.895 bits per heavy atom. The highest BCUT2D eigenvalue weighted by Gasteiger charge is 2.25. The molecule has 1 fully saturated rings. The van der Waals surface area contributed by atoms with Crippen molar-refractivity contribution in [3.63, 3.8) is 0 Å². The highest BCUT2D eigenvalue weighted by atomic mass is 127. The molecule has 114 valence electrons. The normalized spacial score (nSPS) is 21.5. The Morgan fingerprint density at radius 3 is 2.00 bits per heavy atom. The predicted molar refractivity (Wildman–Crippen MR) is 113 cm³/mol. The average molecular weight is 602 g/mol. The largest absolute Gasteiger partial charge is 0.0864 e. The predicted octanol–water partition coefficient (Wildman–Crippen LogP) is 7.05. The van der Waals surface area contributed by atoms with Crippen molar-refractivity contribution >= 4 is 67.8 Å². The van der Waals surface area contributed by atoms with Crippen molar-refractivity contribution in [3.8, 4) is 0 Å². The van der Waals surface area contributed by atoms with Gasteiger partial charge in [-0.1, -0.05) is 94.0 Å². The number of hydrogen-bond donors (Lipinski definition) is 0. The molecule has 0 amide bonds. The van der Waals surface area contributed by atoms with Crippen LogP contribution in [0.2, 0.25) is 0 Å². The first kappa shape index (κ1) is 19.2. The van der Waals surface area contributed by atoms with Gasteiger partial charge in [-0.3, -0.25) is 0 Å². The summed E-state index contributed by atoms with van der Waals surface area (Å²) in [6, 6.07) is 0. The van der Waals surface area contributed by atoms with Gasteiger partial charge in [0.05, 0.1) is 0 Å². The summed E-state index contributed by atoms with van der Waals surface area (Å²) in [7, 11) is 0. The number of rotatable bonds is 10. The smallest absolute Gasteiger partial charge is 0.0138 e. The van der Waals surface area contributed by atoms with Crippen LogP contribution in [0.5, 0.6) is 0 Å². The van der Waals surface area contributed by atoms with Crippen molar-refractivity contribution in [1.82, 2.24) is 0 Å². The lowest BCUT2D eigenvalue weighted by atomic mass is 9.82. The molecule has 1 saturated carbocycles. The molecular formula is C16H29I3. The van der Waals surface area contributed by atoms with E-state index in [2.05, 4.69) is 74.7 Å². The maximum atomic E-state index is 2.76. The summed E-state index contributed by atoms with van der Waals surface area (Å²) in [5, 5.41) is 0. The van der Waals surface area contributed by atoms with E-state index in [1.165, 1.54) is 66.6 Å². The number of alkyl halides is 3. The maximum absolute atomic E-state index is 2.76. The first-order valence-corrected chi connectivity index (χ1v) is 12.3. The van der Waals surface area contributed by atoms with Gasteiger partial charge < -0.3 is 0 Å². The van der Waals surface area contributed by atoms with Crippen molar-refractivity contribution in [1.29, 1.82) is 0 Å². The monoisotopic (exact) mass is 602 g/mol. The molecule has 0 N–H and O–H groups in total. The molecule has 0 saturated heterocycles. The van der Waals surface area contributed by atoms with E-state index in [-0.39, 0.29) is 0 Å².